The van der Waals surface area contributed by atoms with Gasteiger partial charge in [-0.2, -0.15) is 0 Å². The van der Waals surface area contributed by atoms with Gasteiger partial charge < -0.3 is 15.7 Å². The highest BCUT2D eigenvalue weighted by atomic mass is 16.3. The predicted molar refractivity (Wildman–Crippen MR) is 68.2 cm³/mol. The number of aliphatic hydroxyl groups excluding tert-OH is 1. The lowest BCUT2D eigenvalue weighted by atomic mass is 10.1. The molecule has 0 spiro atoms. The SMILES string of the molecule is CNc1ncnc(NCC2CCCC2O)c1C. The topological polar surface area (TPSA) is 70.1 Å². The average Bonchev–Trinajstić information content (AvgIpc) is 2.74. The zero-order valence-corrected chi connectivity index (χ0v) is 10.4. The zero-order valence-electron chi connectivity index (χ0n) is 10.4. The minimum absolute atomic E-state index is 0.159. The maximum Gasteiger partial charge on any atom is 0.134 e. The van der Waals surface area contributed by atoms with Gasteiger partial charge in [0.2, 0.25) is 0 Å². The van der Waals surface area contributed by atoms with Crippen LogP contribution in [-0.4, -0.2) is 34.8 Å². The second kappa shape index (κ2) is 5.31. The number of aliphatic hydroxyl groups is 1. The van der Waals surface area contributed by atoms with Crippen LogP contribution in [0.1, 0.15) is 24.8 Å². The lowest BCUT2D eigenvalue weighted by Crippen LogP contribution is -2.22. The Labute approximate surface area is 102 Å². The van der Waals surface area contributed by atoms with Crippen LogP contribution >= 0.6 is 0 Å². The van der Waals surface area contributed by atoms with E-state index in [1.807, 2.05) is 14.0 Å². The molecule has 0 aliphatic heterocycles. The van der Waals surface area contributed by atoms with E-state index < -0.39 is 0 Å². The molecular formula is C12H20N4O. The molecule has 5 heteroatoms. The molecule has 0 saturated heterocycles. The monoisotopic (exact) mass is 236 g/mol. The molecule has 1 aromatic heterocycles. The van der Waals surface area contributed by atoms with Gasteiger partial charge in [0.25, 0.3) is 0 Å². The molecule has 2 rings (SSSR count). The molecule has 1 aliphatic carbocycles. The summed E-state index contributed by atoms with van der Waals surface area (Å²) in [5.74, 6) is 2.04. The summed E-state index contributed by atoms with van der Waals surface area (Å²) < 4.78 is 0. The molecule has 5 nitrogen and oxygen atoms in total. The third-order valence-electron chi connectivity index (χ3n) is 3.47. The maximum atomic E-state index is 9.75. The van der Waals surface area contributed by atoms with E-state index in [1.54, 1.807) is 6.33 Å². The molecule has 2 unspecified atom stereocenters. The summed E-state index contributed by atoms with van der Waals surface area (Å²) in [6.07, 6.45) is 4.53. The highest BCUT2D eigenvalue weighted by Crippen LogP contribution is 2.26. The minimum Gasteiger partial charge on any atom is -0.393 e. The summed E-state index contributed by atoms with van der Waals surface area (Å²) in [6, 6.07) is 0. The van der Waals surface area contributed by atoms with E-state index in [-0.39, 0.29) is 6.10 Å². The fraction of sp³-hybridized carbons (Fsp3) is 0.667. The predicted octanol–water partition coefficient (Wildman–Crippen LogP) is 1.40. The Hall–Kier alpha value is -1.36. The maximum absolute atomic E-state index is 9.75. The molecule has 3 N–H and O–H groups in total. The normalized spacial score (nSPS) is 23.7. The Morgan fingerprint density at radius 2 is 2.12 bits per heavy atom. The van der Waals surface area contributed by atoms with Crippen molar-refractivity contribution in [1.82, 2.24) is 9.97 Å². The molecule has 1 aliphatic rings. The van der Waals surface area contributed by atoms with Crippen LogP contribution in [0.3, 0.4) is 0 Å². The van der Waals surface area contributed by atoms with Gasteiger partial charge in [-0.05, 0) is 19.8 Å². The van der Waals surface area contributed by atoms with Gasteiger partial charge in [-0.1, -0.05) is 6.42 Å². The lowest BCUT2D eigenvalue weighted by Gasteiger charge is -2.17. The third-order valence-corrected chi connectivity index (χ3v) is 3.47. The number of hydrogen-bond donors (Lipinski definition) is 3. The molecule has 94 valence electrons. The van der Waals surface area contributed by atoms with Gasteiger partial charge in [0.15, 0.2) is 0 Å². The number of rotatable bonds is 4. The summed E-state index contributed by atoms with van der Waals surface area (Å²) in [6.45, 7) is 2.77. The van der Waals surface area contributed by atoms with Crippen molar-refractivity contribution in [2.75, 3.05) is 24.2 Å². The van der Waals surface area contributed by atoms with Crippen LogP contribution < -0.4 is 10.6 Å². The van der Waals surface area contributed by atoms with Gasteiger partial charge in [-0.25, -0.2) is 9.97 Å². The second-order valence-corrected chi connectivity index (χ2v) is 4.59. The van der Waals surface area contributed by atoms with Crippen molar-refractivity contribution in [2.24, 2.45) is 5.92 Å². The van der Waals surface area contributed by atoms with E-state index in [0.717, 1.165) is 43.0 Å². The van der Waals surface area contributed by atoms with E-state index in [4.69, 9.17) is 0 Å². The number of hydrogen-bond acceptors (Lipinski definition) is 5. The van der Waals surface area contributed by atoms with Crippen molar-refractivity contribution >= 4 is 11.6 Å². The van der Waals surface area contributed by atoms with E-state index in [0.29, 0.717) is 5.92 Å². The zero-order chi connectivity index (χ0) is 12.3. The highest BCUT2D eigenvalue weighted by Gasteiger charge is 2.25. The summed E-state index contributed by atoms with van der Waals surface area (Å²) in [5.41, 5.74) is 1.02. The van der Waals surface area contributed by atoms with Crippen LogP contribution in [0.25, 0.3) is 0 Å². The van der Waals surface area contributed by atoms with Crippen molar-refractivity contribution in [2.45, 2.75) is 32.3 Å². The molecule has 0 amide bonds. The number of aromatic nitrogens is 2. The van der Waals surface area contributed by atoms with Crippen molar-refractivity contribution in [3.05, 3.63) is 11.9 Å². The number of nitrogens with one attached hydrogen (secondary N) is 2. The quantitative estimate of drug-likeness (QED) is 0.737. The first-order chi connectivity index (χ1) is 8.22. The minimum atomic E-state index is -0.159. The summed E-state index contributed by atoms with van der Waals surface area (Å²) in [5, 5.41) is 16.1. The van der Waals surface area contributed by atoms with Gasteiger partial charge in [0.1, 0.15) is 18.0 Å². The Balaban J connectivity index is 1.99. The average molecular weight is 236 g/mol. The van der Waals surface area contributed by atoms with E-state index in [1.165, 1.54) is 0 Å². The molecule has 0 bridgehead atoms. The van der Waals surface area contributed by atoms with Crippen LogP contribution in [0.5, 0.6) is 0 Å². The molecule has 1 saturated carbocycles. The third kappa shape index (κ3) is 2.66. The summed E-state index contributed by atoms with van der Waals surface area (Å²) in [7, 11) is 1.85. The van der Waals surface area contributed by atoms with Gasteiger partial charge in [-0.15, -0.1) is 0 Å². The number of nitrogens with zero attached hydrogens (tertiary/aromatic N) is 2. The molecular weight excluding hydrogens is 216 g/mol. The number of anilines is 2. The first-order valence-corrected chi connectivity index (χ1v) is 6.13. The Kier molecular flexibility index (Phi) is 3.78. The largest absolute Gasteiger partial charge is 0.393 e. The Morgan fingerprint density at radius 1 is 1.35 bits per heavy atom. The van der Waals surface area contributed by atoms with Crippen molar-refractivity contribution < 1.29 is 5.11 Å². The van der Waals surface area contributed by atoms with Gasteiger partial charge >= 0.3 is 0 Å². The molecule has 17 heavy (non-hydrogen) atoms. The van der Waals surface area contributed by atoms with Gasteiger partial charge in [-0.3, -0.25) is 0 Å². The first-order valence-electron chi connectivity index (χ1n) is 6.13. The summed E-state index contributed by atoms with van der Waals surface area (Å²) >= 11 is 0. The van der Waals surface area contributed by atoms with E-state index >= 15 is 0 Å². The van der Waals surface area contributed by atoms with E-state index in [2.05, 4.69) is 20.6 Å². The second-order valence-electron chi connectivity index (χ2n) is 4.59. The molecule has 1 aromatic rings. The molecule has 0 aromatic carbocycles. The highest BCUT2D eigenvalue weighted by molar-refractivity contribution is 5.56. The fourth-order valence-corrected chi connectivity index (χ4v) is 2.36. The lowest BCUT2D eigenvalue weighted by molar-refractivity contribution is 0.138. The molecule has 1 heterocycles. The van der Waals surface area contributed by atoms with E-state index in [9.17, 15) is 5.11 Å². The Bertz CT molecular complexity index is 383. The van der Waals surface area contributed by atoms with Crippen molar-refractivity contribution in [1.29, 1.82) is 0 Å². The Morgan fingerprint density at radius 3 is 2.76 bits per heavy atom. The van der Waals surface area contributed by atoms with Gasteiger partial charge in [0, 0.05) is 25.1 Å². The van der Waals surface area contributed by atoms with Crippen LogP contribution in [0.2, 0.25) is 0 Å². The summed E-state index contributed by atoms with van der Waals surface area (Å²) in [4.78, 5) is 8.37. The smallest absolute Gasteiger partial charge is 0.134 e. The van der Waals surface area contributed by atoms with Crippen molar-refractivity contribution in [3.63, 3.8) is 0 Å². The van der Waals surface area contributed by atoms with Gasteiger partial charge in [0.05, 0.1) is 6.10 Å². The molecule has 2 atom stereocenters. The standard InChI is InChI=1S/C12H20N4O/c1-8-11(13-2)15-7-16-12(8)14-6-9-4-3-5-10(9)17/h7,9-10,17H,3-6H2,1-2H3,(H2,13,14,15,16). The van der Waals surface area contributed by atoms with Crippen LogP contribution in [-0.2, 0) is 0 Å². The van der Waals surface area contributed by atoms with Crippen molar-refractivity contribution in [3.8, 4) is 0 Å². The first kappa shape index (κ1) is 12.1. The van der Waals surface area contributed by atoms with Crippen LogP contribution in [0.4, 0.5) is 11.6 Å². The van der Waals surface area contributed by atoms with Crippen LogP contribution in [0, 0.1) is 12.8 Å². The van der Waals surface area contributed by atoms with Crippen LogP contribution in [0.15, 0.2) is 6.33 Å². The molecule has 1 fully saturated rings. The fourth-order valence-electron chi connectivity index (χ4n) is 2.36. The molecule has 0 radical (unpaired) electrons.